The average Bonchev–Trinajstić information content (AvgIpc) is 2.54. The summed E-state index contributed by atoms with van der Waals surface area (Å²) in [5, 5.41) is 0. The molecular weight excluding hydrogens is 312 g/mol. The van der Waals surface area contributed by atoms with Crippen LogP contribution < -0.4 is 0 Å². The fraction of sp³-hybridized carbons (Fsp3) is 0.857. The van der Waals surface area contributed by atoms with Crippen molar-refractivity contribution in [2.24, 2.45) is 11.3 Å². The van der Waals surface area contributed by atoms with E-state index in [1.54, 1.807) is 0 Å². The van der Waals surface area contributed by atoms with Crippen LogP contribution in [0.5, 0.6) is 0 Å². The zero-order valence-corrected chi connectivity index (χ0v) is 16.5. The van der Waals surface area contributed by atoms with E-state index in [0.717, 1.165) is 39.0 Å². The van der Waals surface area contributed by atoms with Crippen molar-refractivity contribution in [3.8, 4) is 0 Å². The van der Waals surface area contributed by atoms with E-state index in [0.29, 0.717) is 17.2 Å². The molecule has 0 saturated carbocycles. The summed E-state index contributed by atoms with van der Waals surface area (Å²) in [6, 6.07) is -0.0110. The zero-order valence-electron chi connectivity index (χ0n) is 16.5. The third kappa shape index (κ3) is 4.28. The number of carbonyl (C=O) groups is 1. The highest BCUT2D eigenvalue weighted by Crippen LogP contribution is 2.41. The third-order valence-electron chi connectivity index (χ3n) is 6.26. The van der Waals surface area contributed by atoms with Gasteiger partial charge in [-0.2, -0.15) is 0 Å². The molecule has 0 N–H and O–H groups in total. The van der Waals surface area contributed by atoms with Gasteiger partial charge < -0.3 is 9.64 Å². The second-order valence-corrected chi connectivity index (χ2v) is 8.98. The topological polar surface area (TPSA) is 32.8 Å². The number of ether oxygens (including phenoxy) is 1. The van der Waals surface area contributed by atoms with E-state index < -0.39 is 0 Å². The minimum Gasteiger partial charge on any atom is -0.373 e. The number of piperidine rings is 1. The van der Waals surface area contributed by atoms with Crippen LogP contribution in [0, 0.1) is 11.3 Å². The smallest absolute Gasteiger partial charge is 0.240 e. The molecule has 0 aromatic heterocycles. The number of allylic oxidation sites excluding steroid dienone is 2. The van der Waals surface area contributed by atoms with Crippen LogP contribution in [0.25, 0.3) is 0 Å². The Labute approximate surface area is 153 Å². The summed E-state index contributed by atoms with van der Waals surface area (Å²) in [7, 11) is 0. The Kier molecular flexibility index (Phi) is 5.89. The first kappa shape index (κ1) is 18.9. The molecule has 0 bridgehead atoms. The molecule has 3 rings (SSSR count). The number of hydrogen-bond acceptors (Lipinski definition) is 3. The summed E-state index contributed by atoms with van der Waals surface area (Å²) in [6.45, 7) is 12.2. The number of nitrogens with zero attached hydrogens (tertiary/aromatic N) is 2. The molecule has 25 heavy (non-hydrogen) atoms. The van der Waals surface area contributed by atoms with Gasteiger partial charge in [0.25, 0.3) is 0 Å². The Hall–Kier alpha value is -0.870. The summed E-state index contributed by atoms with van der Waals surface area (Å²) in [4.78, 5) is 18.1. The first-order valence-corrected chi connectivity index (χ1v) is 10.2. The summed E-state index contributed by atoms with van der Waals surface area (Å²) in [6.07, 6.45) is 11.0. The first-order valence-electron chi connectivity index (χ1n) is 10.2. The quantitative estimate of drug-likeness (QED) is 0.732. The van der Waals surface area contributed by atoms with Gasteiger partial charge >= 0.3 is 0 Å². The predicted octanol–water partition coefficient (Wildman–Crippen LogP) is 3.47. The van der Waals surface area contributed by atoms with Crippen molar-refractivity contribution >= 4 is 5.91 Å². The maximum atomic E-state index is 13.5. The molecule has 0 aromatic rings. The average molecular weight is 349 g/mol. The van der Waals surface area contributed by atoms with Gasteiger partial charge in [0.2, 0.25) is 5.91 Å². The van der Waals surface area contributed by atoms with Gasteiger partial charge in [-0.05, 0) is 57.3 Å². The van der Waals surface area contributed by atoms with Crippen LogP contribution in [0.1, 0.15) is 59.8 Å². The Morgan fingerprint density at radius 1 is 1.16 bits per heavy atom. The minimum atomic E-state index is -0.0110. The Morgan fingerprint density at radius 2 is 1.88 bits per heavy atom. The lowest BCUT2D eigenvalue weighted by Crippen LogP contribution is -2.59. The van der Waals surface area contributed by atoms with Crippen LogP contribution in [0.2, 0.25) is 0 Å². The molecule has 0 unspecified atom stereocenters. The van der Waals surface area contributed by atoms with E-state index in [2.05, 4.69) is 49.6 Å². The molecule has 2 fully saturated rings. The van der Waals surface area contributed by atoms with Crippen LogP contribution >= 0.6 is 0 Å². The summed E-state index contributed by atoms with van der Waals surface area (Å²) < 4.78 is 5.89. The van der Waals surface area contributed by atoms with Crippen molar-refractivity contribution in [1.82, 2.24) is 9.80 Å². The third-order valence-corrected chi connectivity index (χ3v) is 6.26. The lowest BCUT2D eigenvalue weighted by atomic mass is 9.71. The second-order valence-electron chi connectivity index (χ2n) is 8.98. The van der Waals surface area contributed by atoms with Crippen molar-refractivity contribution in [3.63, 3.8) is 0 Å². The van der Waals surface area contributed by atoms with Gasteiger partial charge in [-0.1, -0.05) is 26.0 Å². The van der Waals surface area contributed by atoms with Gasteiger partial charge in [0, 0.05) is 26.2 Å². The largest absolute Gasteiger partial charge is 0.373 e. The highest BCUT2D eigenvalue weighted by molar-refractivity contribution is 5.82. The number of likely N-dealkylation sites (tertiary alicyclic amines) is 1. The molecular formula is C21H36N2O2. The fourth-order valence-electron chi connectivity index (χ4n) is 5.20. The van der Waals surface area contributed by atoms with Gasteiger partial charge in [0.05, 0.1) is 18.2 Å². The van der Waals surface area contributed by atoms with Gasteiger partial charge in [0.15, 0.2) is 0 Å². The van der Waals surface area contributed by atoms with Crippen molar-refractivity contribution in [3.05, 3.63) is 12.2 Å². The summed E-state index contributed by atoms with van der Waals surface area (Å²) >= 11 is 0. The van der Waals surface area contributed by atoms with E-state index in [1.165, 1.54) is 19.3 Å². The Bertz CT molecular complexity index is 494. The van der Waals surface area contributed by atoms with E-state index >= 15 is 0 Å². The second kappa shape index (κ2) is 7.79. The molecule has 1 aliphatic carbocycles. The van der Waals surface area contributed by atoms with E-state index in [-0.39, 0.29) is 18.2 Å². The Balaban J connectivity index is 1.73. The molecule has 3 aliphatic rings. The maximum Gasteiger partial charge on any atom is 0.240 e. The van der Waals surface area contributed by atoms with Crippen molar-refractivity contribution in [1.29, 1.82) is 0 Å². The van der Waals surface area contributed by atoms with E-state index in [9.17, 15) is 4.79 Å². The normalized spacial score (nSPS) is 35.3. The van der Waals surface area contributed by atoms with E-state index in [4.69, 9.17) is 4.74 Å². The summed E-state index contributed by atoms with van der Waals surface area (Å²) in [5.41, 5.74) is 0.343. The highest BCUT2D eigenvalue weighted by atomic mass is 16.5. The standard InChI is InChI=1S/C21H36N2O2/c1-16(2)19(23-13-17(3)25-18(4)14-23)20(24)22-12-8-11-21(15-22)9-6-5-7-10-21/h5-6,16-19H,7-15H2,1-4H3/t17-,18+,19-,21+/m0/s1. The molecule has 1 amide bonds. The fourth-order valence-corrected chi connectivity index (χ4v) is 5.20. The number of hydrogen-bond donors (Lipinski definition) is 0. The highest BCUT2D eigenvalue weighted by Gasteiger charge is 2.41. The molecule has 142 valence electrons. The van der Waals surface area contributed by atoms with Crippen LogP contribution in [-0.4, -0.2) is 60.1 Å². The molecule has 4 atom stereocenters. The van der Waals surface area contributed by atoms with Crippen molar-refractivity contribution in [2.45, 2.75) is 78.0 Å². The molecule has 4 nitrogen and oxygen atoms in total. The molecule has 0 radical (unpaired) electrons. The van der Waals surface area contributed by atoms with Crippen LogP contribution in [0.3, 0.4) is 0 Å². The minimum absolute atomic E-state index is 0.0110. The number of morpholine rings is 1. The molecule has 4 heteroatoms. The maximum absolute atomic E-state index is 13.5. The number of rotatable bonds is 3. The van der Waals surface area contributed by atoms with Gasteiger partial charge in [0.1, 0.15) is 0 Å². The first-order chi connectivity index (χ1) is 11.9. The lowest BCUT2D eigenvalue weighted by molar-refractivity contribution is -0.149. The van der Waals surface area contributed by atoms with Gasteiger partial charge in [-0.15, -0.1) is 0 Å². The predicted molar refractivity (Wildman–Crippen MR) is 101 cm³/mol. The monoisotopic (exact) mass is 348 g/mol. The lowest BCUT2D eigenvalue weighted by Gasteiger charge is -2.47. The molecule has 2 aliphatic heterocycles. The van der Waals surface area contributed by atoms with Crippen molar-refractivity contribution in [2.75, 3.05) is 26.2 Å². The van der Waals surface area contributed by atoms with Crippen LogP contribution in [0.15, 0.2) is 12.2 Å². The van der Waals surface area contributed by atoms with Crippen LogP contribution in [-0.2, 0) is 9.53 Å². The molecule has 0 aromatic carbocycles. The number of carbonyl (C=O) groups excluding carboxylic acids is 1. The molecule has 2 saturated heterocycles. The van der Waals surface area contributed by atoms with Gasteiger partial charge in [-0.3, -0.25) is 9.69 Å². The van der Waals surface area contributed by atoms with Crippen LogP contribution in [0.4, 0.5) is 0 Å². The van der Waals surface area contributed by atoms with Gasteiger partial charge in [-0.25, -0.2) is 0 Å². The summed E-state index contributed by atoms with van der Waals surface area (Å²) in [5.74, 6) is 0.680. The SMILES string of the molecule is CC(C)[C@@H](C(=O)N1CCC[C@]2(CC=CCC2)C1)N1C[C@@H](C)O[C@@H](C)C1. The van der Waals surface area contributed by atoms with Crippen molar-refractivity contribution < 1.29 is 9.53 Å². The molecule has 2 heterocycles. The zero-order chi connectivity index (χ0) is 18.0. The number of amides is 1. The molecule has 1 spiro atoms. The Morgan fingerprint density at radius 3 is 2.48 bits per heavy atom. The van der Waals surface area contributed by atoms with E-state index in [1.807, 2.05) is 0 Å².